The smallest absolute Gasteiger partial charge is 0.323 e. The molecule has 2 aromatic rings. The maximum atomic E-state index is 13.6. The van der Waals surface area contributed by atoms with Crippen molar-refractivity contribution in [3.63, 3.8) is 0 Å². The topological polar surface area (TPSA) is 55.1 Å². The second kappa shape index (κ2) is 4.16. The van der Waals surface area contributed by atoms with Gasteiger partial charge in [-0.1, -0.05) is 19.9 Å². The number of para-hydroxylation sites is 1. The number of aromatic nitrogens is 2. The number of nitrogens with zero attached hydrogens (tertiary/aromatic N) is 2. The number of benzene rings is 1. The predicted octanol–water partition coefficient (Wildman–Crippen LogP) is 2.38. The fraction of sp³-hybridized carbons (Fsp3) is 0.333. The largest absolute Gasteiger partial charge is 0.480 e. The maximum absolute atomic E-state index is 13.6. The molecule has 0 saturated carbocycles. The molecule has 0 atom stereocenters. The Morgan fingerprint density at radius 1 is 1.53 bits per heavy atom. The van der Waals surface area contributed by atoms with E-state index in [-0.39, 0.29) is 18.0 Å². The molecule has 0 radical (unpaired) electrons. The molecule has 0 aliphatic heterocycles. The number of hydrogen-bond acceptors (Lipinski definition) is 2. The van der Waals surface area contributed by atoms with Crippen LogP contribution in [0.3, 0.4) is 0 Å². The zero-order chi connectivity index (χ0) is 12.6. The zero-order valence-electron chi connectivity index (χ0n) is 9.64. The first-order valence-corrected chi connectivity index (χ1v) is 5.37. The summed E-state index contributed by atoms with van der Waals surface area (Å²) in [5.41, 5.74) is 0.758. The third-order valence-electron chi connectivity index (χ3n) is 2.57. The van der Waals surface area contributed by atoms with Gasteiger partial charge in [0.2, 0.25) is 0 Å². The Morgan fingerprint density at radius 2 is 2.24 bits per heavy atom. The van der Waals surface area contributed by atoms with Crippen molar-refractivity contribution in [2.75, 3.05) is 0 Å². The van der Waals surface area contributed by atoms with E-state index in [0.717, 1.165) is 0 Å². The lowest BCUT2D eigenvalue weighted by Crippen LogP contribution is -2.12. The lowest BCUT2D eigenvalue weighted by atomic mass is 10.2. The summed E-state index contributed by atoms with van der Waals surface area (Å²) in [5, 5.41) is 8.88. The molecule has 90 valence electrons. The van der Waals surface area contributed by atoms with Gasteiger partial charge in [0, 0.05) is 5.92 Å². The molecule has 1 N–H and O–H groups in total. The van der Waals surface area contributed by atoms with Crippen molar-refractivity contribution in [1.29, 1.82) is 0 Å². The Hall–Kier alpha value is -1.91. The van der Waals surface area contributed by atoms with E-state index >= 15 is 0 Å². The molecule has 0 fully saturated rings. The Balaban J connectivity index is 2.71. The van der Waals surface area contributed by atoms with Crippen LogP contribution in [0.2, 0.25) is 0 Å². The molecule has 0 bridgehead atoms. The number of rotatable bonds is 3. The molecule has 17 heavy (non-hydrogen) atoms. The third-order valence-corrected chi connectivity index (χ3v) is 2.57. The molecule has 0 amide bonds. The summed E-state index contributed by atoms with van der Waals surface area (Å²) in [7, 11) is 0. The highest BCUT2D eigenvalue weighted by molar-refractivity contribution is 5.79. The number of fused-ring (bicyclic) bond motifs is 1. The van der Waals surface area contributed by atoms with Crippen LogP contribution in [0.4, 0.5) is 4.39 Å². The lowest BCUT2D eigenvalue weighted by molar-refractivity contribution is -0.137. The van der Waals surface area contributed by atoms with Crippen molar-refractivity contribution in [1.82, 2.24) is 9.55 Å². The minimum atomic E-state index is -0.963. The van der Waals surface area contributed by atoms with Crippen molar-refractivity contribution >= 4 is 17.0 Å². The van der Waals surface area contributed by atoms with E-state index < -0.39 is 11.8 Å². The SMILES string of the molecule is CC(C)c1nc2c(F)cccc2n1CC(=O)O. The molecule has 2 rings (SSSR count). The number of aliphatic carboxylic acids is 1. The number of carboxylic acid groups (broad SMARTS) is 1. The molecule has 4 nitrogen and oxygen atoms in total. The van der Waals surface area contributed by atoms with Crippen LogP contribution >= 0.6 is 0 Å². The molecule has 1 aromatic heterocycles. The highest BCUT2D eigenvalue weighted by Crippen LogP contribution is 2.23. The number of carboxylic acids is 1. The summed E-state index contributed by atoms with van der Waals surface area (Å²) in [6.45, 7) is 3.60. The maximum Gasteiger partial charge on any atom is 0.323 e. The minimum absolute atomic E-state index is 0.0427. The van der Waals surface area contributed by atoms with Gasteiger partial charge < -0.3 is 9.67 Å². The third kappa shape index (κ3) is 2.00. The average molecular weight is 236 g/mol. The first-order valence-electron chi connectivity index (χ1n) is 5.37. The van der Waals surface area contributed by atoms with Crippen LogP contribution < -0.4 is 0 Å². The summed E-state index contributed by atoms with van der Waals surface area (Å²) >= 11 is 0. The van der Waals surface area contributed by atoms with E-state index in [1.165, 1.54) is 6.07 Å². The standard InChI is InChI=1S/C12H13FN2O2/c1-7(2)12-14-11-8(13)4-3-5-9(11)15(12)6-10(16)17/h3-5,7H,6H2,1-2H3,(H,16,17). The Bertz CT molecular complexity index is 575. The van der Waals surface area contributed by atoms with Crippen molar-refractivity contribution < 1.29 is 14.3 Å². The van der Waals surface area contributed by atoms with E-state index in [0.29, 0.717) is 11.3 Å². The highest BCUT2D eigenvalue weighted by atomic mass is 19.1. The van der Waals surface area contributed by atoms with Gasteiger partial charge in [-0.15, -0.1) is 0 Å². The lowest BCUT2D eigenvalue weighted by Gasteiger charge is -2.08. The van der Waals surface area contributed by atoms with E-state index in [1.807, 2.05) is 13.8 Å². The van der Waals surface area contributed by atoms with Crippen LogP contribution in [0.5, 0.6) is 0 Å². The summed E-state index contributed by atoms with van der Waals surface area (Å²) < 4.78 is 15.1. The highest BCUT2D eigenvalue weighted by Gasteiger charge is 2.17. The molecule has 5 heteroatoms. The van der Waals surface area contributed by atoms with Gasteiger partial charge in [-0.05, 0) is 12.1 Å². The number of carbonyl (C=O) groups is 1. The molecule has 1 aromatic carbocycles. The van der Waals surface area contributed by atoms with Crippen LogP contribution in [0.25, 0.3) is 11.0 Å². The van der Waals surface area contributed by atoms with Crippen LogP contribution in [0.15, 0.2) is 18.2 Å². The van der Waals surface area contributed by atoms with Crippen LogP contribution in [-0.4, -0.2) is 20.6 Å². The zero-order valence-corrected chi connectivity index (χ0v) is 9.64. The summed E-state index contributed by atoms with van der Waals surface area (Å²) in [6.07, 6.45) is 0. The Kier molecular flexibility index (Phi) is 2.83. The van der Waals surface area contributed by atoms with E-state index in [4.69, 9.17) is 5.11 Å². The number of imidazole rings is 1. The van der Waals surface area contributed by atoms with Gasteiger partial charge in [-0.2, -0.15) is 0 Å². The van der Waals surface area contributed by atoms with E-state index in [9.17, 15) is 9.18 Å². The monoisotopic (exact) mass is 236 g/mol. The first kappa shape index (κ1) is 11.6. The average Bonchev–Trinajstić information content (AvgIpc) is 2.58. The van der Waals surface area contributed by atoms with Crippen LogP contribution in [-0.2, 0) is 11.3 Å². The van der Waals surface area contributed by atoms with Crippen molar-refractivity contribution in [2.24, 2.45) is 0 Å². The fourth-order valence-corrected chi connectivity index (χ4v) is 1.87. The molecule has 0 spiro atoms. The summed E-state index contributed by atoms with van der Waals surface area (Å²) in [5.74, 6) is -0.752. The van der Waals surface area contributed by atoms with Gasteiger partial charge >= 0.3 is 5.97 Å². The molecule has 0 unspecified atom stereocenters. The Labute approximate surface area is 97.7 Å². The van der Waals surface area contributed by atoms with E-state index in [2.05, 4.69) is 4.98 Å². The van der Waals surface area contributed by atoms with Gasteiger partial charge in [-0.25, -0.2) is 9.37 Å². The minimum Gasteiger partial charge on any atom is -0.480 e. The Morgan fingerprint density at radius 3 is 2.82 bits per heavy atom. The van der Waals surface area contributed by atoms with Gasteiger partial charge in [0.25, 0.3) is 0 Å². The van der Waals surface area contributed by atoms with Crippen molar-refractivity contribution in [2.45, 2.75) is 26.3 Å². The summed E-state index contributed by atoms with van der Waals surface area (Å²) in [6, 6.07) is 4.56. The number of halogens is 1. The normalized spacial score (nSPS) is 11.3. The number of hydrogen-bond donors (Lipinski definition) is 1. The van der Waals surface area contributed by atoms with E-state index in [1.54, 1.807) is 16.7 Å². The summed E-state index contributed by atoms with van der Waals surface area (Å²) in [4.78, 5) is 15.0. The van der Waals surface area contributed by atoms with Gasteiger partial charge in [0.05, 0.1) is 5.52 Å². The molecule has 0 aliphatic rings. The van der Waals surface area contributed by atoms with Crippen LogP contribution in [0, 0.1) is 5.82 Å². The van der Waals surface area contributed by atoms with Gasteiger partial charge in [0.15, 0.2) is 5.82 Å². The van der Waals surface area contributed by atoms with Gasteiger partial charge in [0.1, 0.15) is 17.9 Å². The predicted molar refractivity (Wildman–Crippen MR) is 61.4 cm³/mol. The molecule has 0 saturated heterocycles. The van der Waals surface area contributed by atoms with Crippen LogP contribution in [0.1, 0.15) is 25.6 Å². The van der Waals surface area contributed by atoms with Crippen molar-refractivity contribution in [3.05, 3.63) is 29.8 Å². The quantitative estimate of drug-likeness (QED) is 0.890. The second-order valence-corrected chi connectivity index (χ2v) is 4.21. The first-order chi connectivity index (χ1) is 8.00. The fourth-order valence-electron chi connectivity index (χ4n) is 1.87. The molecule has 1 heterocycles. The second-order valence-electron chi connectivity index (χ2n) is 4.21. The molecular formula is C12H13FN2O2. The van der Waals surface area contributed by atoms with Crippen molar-refractivity contribution in [3.8, 4) is 0 Å². The molecule has 0 aliphatic carbocycles. The van der Waals surface area contributed by atoms with Gasteiger partial charge in [-0.3, -0.25) is 4.79 Å². The molecular weight excluding hydrogens is 223 g/mol.